The van der Waals surface area contributed by atoms with Crippen LogP contribution in [0.25, 0.3) is 0 Å². The van der Waals surface area contributed by atoms with Crippen molar-refractivity contribution >= 4 is 34.6 Å². The number of rotatable bonds is 5. The molecule has 1 saturated heterocycles. The number of benzene rings is 1. The summed E-state index contributed by atoms with van der Waals surface area (Å²) < 4.78 is 9.69. The summed E-state index contributed by atoms with van der Waals surface area (Å²) in [5, 5.41) is 5.04. The lowest BCUT2D eigenvalue weighted by Crippen LogP contribution is -2.38. The van der Waals surface area contributed by atoms with E-state index >= 15 is 0 Å². The first-order chi connectivity index (χ1) is 10.1. The number of methoxy groups -OCH3 is 1. The van der Waals surface area contributed by atoms with Gasteiger partial charge in [0.2, 0.25) is 5.91 Å². The molecule has 1 aliphatic rings. The molecule has 1 aromatic carbocycles. The highest BCUT2D eigenvalue weighted by molar-refractivity contribution is 8.14. The van der Waals surface area contributed by atoms with Gasteiger partial charge in [-0.2, -0.15) is 0 Å². The number of amides is 2. The number of hydrogen-bond donors (Lipinski definition) is 2. The average Bonchev–Trinajstić information content (AvgIpc) is 2.92. The maximum atomic E-state index is 11.9. The van der Waals surface area contributed by atoms with Crippen molar-refractivity contribution in [3.63, 3.8) is 0 Å². The highest BCUT2D eigenvalue weighted by Crippen LogP contribution is 2.19. The van der Waals surface area contributed by atoms with E-state index in [0.29, 0.717) is 17.2 Å². The van der Waals surface area contributed by atoms with Crippen LogP contribution in [0.2, 0.25) is 0 Å². The zero-order valence-electron chi connectivity index (χ0n) is 11.3. The molecule has 0 radical (unpaired) electrons. The van der Waals surface area contributed by atoms with E-state index in [1.54, 1.807) is 24.3 Å². The molecular formula is C13H14N2O5S. The largest absolute Gasteiger partial charge is 0.482 e. The molecule has 2 amide bonds. The van der Waals surface area contributed by atoms with Gasteiger partial charge >= 0.3 is 5.97 Å². The summed E-state index contributed by atoms with van der Waals surface area (Å²) in [7, 11) is 1.27. The van der Waals surface area contributed by atoms with Crippen molar-refractivity contribution in [3.8, 4) is 5.75 Å². The summed E-state index contributed by atoms with van der Waals surface area (Å²) >= 11 is 1.07. The molecule has 1 fully saturated rings. The van der Waals surface area contributed by atoms with Gasteiger partial charge in [0, 0.05) is 17.5 Å². The third-order valence-electron chi connectivity index (χ3n) is 2.68. The van der Waals surface area contributed by atoms with E-state index in [1.165, 1.54) is 7.11 Å². The van der Waals surface area contributed by atoms with Crippen LogP contribution in [-0.4, -0.2) is 42.6 Å². The third kappa shape index (κ3) is 4.38. The minimum absolute atomic E-state index is 0.203. The molecule has 8 heteroatoms. The van der Waals surface area contributed by atoms with Crippen molar-refractivity contribution in [2.45, 2.75) is 6.04 Å². The van der Waals surface area contributed by atoms with Gasteiger partial charge in [0.25, 0.3) is 5.24 Å². The van der Waals surface area contributed by atoms with Crippen LogP contribution >= 0.6 is 11.8 Å². The first-order valence-electron chi connectivity index (χ1n) is 6.12. The van der Waals surface area contributed by atoms with Gasteiger partial charge in [-0.15, -0.1) is 0 Å². The minimum Gasteiger partial charge on any atom is -0.482 e. The molecule has 0 saturated carbocycles. The van der Waals surface area contributed by atoms with Crippen molar-refractivity contribution in [3.05, 3.63) is 24.3 Å². The molecule has 2 N–H and O–H groups in total. The van der Waals surface area contributed by atoms with Crippen LogP contribution in [0, 0.1) is 0 Å². The molecule has 1 unspecified atom stereocenters. The Hall–Kier alpha value is -2.22. The van der Waals surface area contributed by atoms with Crippen LogP contribution in [0.15, 0.2) is 24.3 Å². The summed E-state index contributed by atoms with van der Waals surface area (Å²) in [6.45, 7) is -0.205. The Morgan fingerprint density at radius 3 is 2.95 bits per heavy atom. The normalized spacial score (nSPS) is 17.0. The standard InChI is InChI=1S/C13H14N2O5S/c1-19-11(16)6-20-9-4-2-3-8(5-9)14-12(17)10-7-21-13(18)15-10/h2-5,10H,6-7H2,1H3,(H,14,17)(H,15,18). The highest BCUT2D eigenvalue weighted by Gasteiger charge is 2.27. The van der Waals surface area contributed by atoms with Crippen LogP contribution in [0.3, 0.4) is 0 Å². The number of carbonyl (C=O) groups is 3. The average molecular weight is 310 g/mol. The van der Waals surface area contributed by atoms with Gasteiger partial charge in [-0.3, -0.25) is 9.59 Å². The highest BCUT2D eigenvalue weighted by atomic mass is 32.2. The van der Waals surface area contributed by atoms with E-state index in [1.807, 2.05) is 0 Å². The van der Waals surface area contributed by atoms with E-state index in [0.717, 1.165) is 11.8 Å². The summed E-state index contributed by atoms with van der Waals surface area (Å²) in [6, 6.07) is 6.08. The number of thioether (sulfide) groups is 1. The number of anilines is 1. The van der Waals surface area contributed by atoms with Crippen molar-refractivity contribution in [2.24, 2.45) is 0 Å². The van der Waals surface area contributed by atoms with Gasteiger partial charge in [-0.05, 0) is 12.1 Å². The Balaban J connectivity index is 1.92. The van der Waals surface area contributed by atoms with E-state index in [4.69, 9.17) is 4.74 Å². The van der Waals surface area contributed by atoms with E-state index < -0.39 is 12.0 Å². The van der Waals surface area contributed by atoms with Gasteiger partial charge in [0.05, 0.1) is 7.11 Å². The number of nitrogens with one attached hydrogen (secondary N) is 2. The Kier molecular flexibility index (Phi) is 5.04. The Morgan fingerprint density at radius 2 is 2.29 bits per heavy atom. The zero-order valence-corrected chi connectivity index (χ0v) is 12.1. The predicted octanol–water partition coefficient (Wildman–Crippen LogP) is 1.00. The third-order valence-corrected chi connectivity index (χ3v) is 3.56. The fraction of sp³-hybridized carbons (Fsp3) is 0.308. The second-order valence-corrected chi connectivity index (χ2v) is 5.17. The number of ether oxygens (including phenoxy) is 2. The van der Waals surface area contributed by atoms with Gasteiger partial charge < -0.3 is 20.1 Å². The second kappa shape index (κ2) is 6.98. The topological polar surface area (TPSA) is 93.7 Å². The van der Waals surface area contributed by atoms with Gasteiger partial charge in [-0.25, -0.2) is 4.79 Å². The molecular weight excluding hydrogens is 296 g/mol. The first-order valence-corrected chi connectivity index (χ1v) is 7.11. The zero-order chi connectivity index (χ0) is 15.2. The Bertz CT molecular complexity index is 563. The molecule has 0 spiro atoms. The molecule has 0 bridgehead atoms. The predicted molar refractivity (Wildman–Crippen MR) is 77.4 cm³/mol. The molecule has 2 rings (SSSR count). The van der Waals surface area contributed by atoms with E-state index in [-0.39, 0.29) is 17.8 Å². The fourth-order valence-electron chi connectivity index (χ4n) is 1.62. The lowest BCUT2D eigenvalue weighted by atomic mass is 10.2. The van der Waals surface area contributed by atoms with Crippen molar-refractivity contribution < 1.29 is 23.9 Å². The van der Waals surface area contributed by atoms with Crippen molar-refractivity contribution in [1.82, 2.24) is 5.32 Å². The van der Waals surface area contributed by atoms with E-state index in [9.17, 15) is 14.4 Å². The maximum Gasteiger partial charge on any atom is 0.343 e. The number of hydrogen-bond acceptors (Lipinski definition) is 6. The summed E-state index contributed by atoms with van der Waals surface area (Å²) in [6.07, 6.45) is 0. The molecule has 1 heterocycles. The summed E-state index contributed by atoms with van der Waals surface area (Å²) in [4.78, 5) is 34.0. The quantitative estimate of drug-likeness (QED) is 0.788. The molecule has 1 aliphatic heterocycles. The fourth-order valence-corrected chi connectivity index (χ4v) is 2.40. The molecule has 7 nitrogen and oxygen atoms in total. The Morgan fingerprint density at radius 1 is 1.48 bits per heavy atom. The monoisotopic (exact) mass is 310 g/mol. The van der Waals surface area contributed by atoms with Crippen LogP contribution in [0.1, 0.15) is 0 Å². The van der Waals surface area contributed by atoms with Crippen LogP contribution in [-0.2, 0) is 14.3 Å². The molecule has 112 valence electrons. The minimum atomic E-state index is -0.540. The first kappa shape index (κ1) is 15.2. The molecule has 0 aromatic heterocycles. The van der Waals surface area contributed by atoms with E-state index in [2.05, 4.69) is 15.4 Å². The van der Waals surface area contributed by atoms with Crippen LogP contribution in [0.5, 0.6) is 5.75 Å². The SMILES string of the molecule is COC(=O)COc1cccc(NC(=O)C2CSC(=O)N2)c1. The Labute approximate surface area is 125 Å². The summed E-state index contributed by atoms with van der Waals surface area (Å²) in [5.74, 6) is 0.0556. The lowest BCUT2D eigenvalue weighted by Gasteiger charge is -2.11. The van der Waals surface area contributed by atoms with Gasteiger partial charge in [0.1, 0.15) is 11.8 Å². The molecule has 21 heavy (non-hydrogen) atoms. The molecule has 1 atom stereocenters. The van der Waals surface area contributed by atoms with Crippen LogP contribution in [0.4, 0.5) is 10.5 Å². The molecule has 0 aliphatic carbocycles. The second-order valence-electron chi connectivity index (χ2n) is 4.18. The van der Waals surface area contributed by atoms with Crippen molar-refractivity contribution in [2.75, 3.05) is 24.8 Å². The number of carbonyl (C=O) groups excluding carboxylic acids is 3. The summed E-state index contributed by atoms with van der Waals surface area (Å²) in [5.41, 5.74) is 0.522. The van der Waals surface area contributed by atoms with Crippen LogP contribution < -0.4 is 15.4 Å². The van der Waals surface area contributed by atoms with Crippen molar-refractivity contribution in [1.29, 1.82) is 0 Å². The lowest BCUT2D eigenvalue weighted by molar-refractivity contribution is -0.142. The maximum absolute atomic E-state index is 11.9. The smallest absolute Gasteiger partial charge is 0.343 e. The van der Waals surface area contributed by atoms with Gasteiger partial charge in [0.15, 0.2) is 6.61 Å². The number of esters is 1. The molecule has 1 aromatic rings. The van der Waals surface area contributed by atoms with Gasteiger partial charge in [-0.1, -0.05) is 17.8 Å².